The molecule has 0 bridgehead atoms. The highest BCUT2D eigenvalue weighted by molar-refractivity contribution is 7.17. The van der Waals surface area contributed by atoms with E-state index in [1.54, 1.807) is 28.4 Å². The van der Waals surface area contributed by atoms with E-state index in [0.29, 0.717) is 17.0 Å². The third kappa shape index (κ3) is 3.44. The maximum absolute atomic E-state index is 13.7. The van der Waals surface area contributed by atoms with Gasteiger partial charge in [0.1, 0.15) is 11.9 Å². The average Bonchev–Trinajstić information content (AvgIpc) is 3.49. The molecule has 0 radical (unpaired) electrons. The summed E-state index contributed by atoms with van der Waals surface area (Å²) in [5.41, 5.74) is 3.53. The molecule has 1 amide bonds. The van der Waals surface area contributed by atoms with Crippen LogP contribution in [0.3, 0.4) is 0 Å². The quantitative estimate of drug-likeness (QED) is 0.343. The number of carbonyl (C=O) groups is 1. The number of amides is 1. The summed E-state index contributed by atoms with van der Waals surface area (Å²) in [6.45, 7) is 1.72. The third-order valence-corrected chi connectivity index (χ3v) is 7.00. The number of aliphatic hydroxyl groups excluding tert-OH is 1. The number of carbonyl (C=O) groups excluding carboxylic acids is 1. The van der Waals surface area contributed by atoms with Crippen molar-refractivity contribution in [3.8, 4) is 0 Å². The Morgan fingerprint density at radius 3 is 2.88 bits per heavy atom. The third-order valence-electron chi connectivity index (χ3n) is 6.12. The van der Waals surface area contributed by atoms with Crippen LogP contribution < -0.4 is 10.6 Å². The lowest BCUT2D eigenvalue weighted by Crippen LogP contribution is -2.31. The fraction of sp³-hybridized carbons (Fsp3) is 0.115. The molecule has 1 aliphatic heterocycles. The van der Waals surface area contributed by atoms with Crippen LogP contribution >= 0.6 is 11.3 Å². The molecule has 1 unspecified atom stereocenters. The fourth-order valence-electron chi connectivity index (χ4n) is 4.50. The second-order valence-electron chi connectivity index (χ2n) is 8.30. The smallest absolute Gasteiger partial charge is 0.255 e. The van der Waals surface area contributed by atoms with Crippen molar-refractivity contribution in [2.45, 2.75) is 19.6 Å². The number of pyridine rings is 1. The topological polar surface area (TPSA) is 92.1 Å². The highest BCUT2D eigenvalue weighted by Gasteiger charge is 2.33. The van der Waals surface area contributed by atoms with Crippen molar-refractivity contribution in [1.82, 2.24) is 14.8 Å². The van der Waals surface area contributed by atoms with Gasteiger partial charge in [0.05, 0.1) is 17.9 Å². The molecule has 0 fully saturated rings. The van der Waals surface area contributed by atoms with E-state index >= 15 is 0 Å². The van der Waals surface area contributed by atoms with E-state index in [2.05, 4.69) is 44.3 Å². The van der Waals surface area contributed by atoms with Gasteiger partial charge in [0.15, 0.2) is 0 Å². The van der Waals surface area contributed by atoms with E-state index in [0.717, 1.165) is 37.9 Å². The number of aromatic nitrogens is 3. The number of hydrogen-bond donors (Lipinski definition) is 3. The predicted octanol–water partition coefficient (Wildman–Crippen LogP) is 5.07. The van der Waals surface area contributed by atoms with E-state index < -0.39 is 6.04 Å². The number of aliphatic hydroxyl groups is 1. The van der Waals surface area contributed by atoms with Crippen LogP contribution in [0.25, 0.3) is 20.9 Å². The second-order valence-corrected chi connectivity index (χ2v) is 9.25. The molecule has 0 saturated carbocycles. The molecule has 3 N–H and O–H groups in total. The van der Waals surface area contributed by atoms with Gasteiger partial charge in [-0.1, -0.05) is 18.2 Å². The van der Waals surface area contributed by atoms with E-state index in [1.807, 2.05) is 43.3 Å². The number of allylic oxidation sites excluding steroid dienone is 1. The molecule has 3 aromatic heterocycles. The Labute approximate surface area is 199 Å². The molecule has 1 aliphatic rings. The van der Waals surface area contributed by atoms with Crippen LogP contribution in [0.15, 0.2) is 83.6 Å². The van der Waals surface area contributed by atoms with Crippen LogP contribution in [0.2, 0.25) is 0 Å². The van der Waals surface area contributed by atoms with Crippen molar-refractivity contribution in [2.75, 3.05) is 10.6 Å². The Morgan fingerprint density at radius 2 is 2.00 bits per heavy atom. The maximum Gasteiger partial charge on any atom is 0.255 e. The molecule has 0 aliphatic carbocycles. The van der Waals surface area contributed by atoms with E-state index in [1.165, 1.54) is 0 Å². The van der Waals surface area contributed by atoms with Gasteiger partial charge in [-0.05, 0) is 59.0 Å². The summed E-state index contributed by atoms with van der Waals surface area (Å²) in [6, 6.07) is 17.4. The number of hydrogen-bond acceptors (Lipinski definition) is 6. The van der Waals surface area contributed by atoms with Crippen LogP contribution in [0.5, 0.6) is 0 Å². The number of nitrogens with one attached hydrogen (secondary N) is 2. The molecule has 6 rings (SSSR count). The van der Waals surface area contributed by atoms with Crippen LogP contribution in [0.1, 0.15) is 24.2 Å². The molecular formula is C26H21N5O2S. The highest BCUT2D eigenvalue weighted by atomic mass is 32.1. The Balaban J connectivity index is 1.44. The highest BCUT2D eigenvalue weighted by Crippen LogP contribution is 2.38. The first-order chi connectivity index (χ1) is 16.6. The summed E-state index contributed by atoms with van der Waals surface area (Å²) in [5, 5.41) is 25.9. The summed E-state index contributed by atoms with van der Waals surface area (Å²) in [6.07, 6.45) is 3.54. The van der Waals surface area contributed by atoms with Crippen LogP contribution in [0, 0.1) is 0 Å². The summed E-state index contributed by atoms with van der Waals surface area (Å²) in [7, 11) is 0. The maximum atomic E-state index is 13.7. The minimum absolute atomic E-state index is 0.176. The molecule has 7 nitrogen and oxygen atoms in total. The van der Waals surface area contributed by atoms with Gasteiger partial charge < -0.3 is 15.7 Å². The minimum Gasteiger partial charge on any atom is -0.390 e. The molecule has 0 spiro atoms. The molecule has 168 valence electrons. The molecule has 4 heterocycles. The second kappa shape index (κ2) is 8.09. The number of nitrogens with zero attached hydrogens (tertiary/aromatic N) is 3. The Kier molecular flexibility index (Phi) is 4.90. The van der Waals surface area contributed by atoms with Crippen molar-refractivity contribution in [3.05, 3.63) is 94.9 Å². The first kappa shape index (κ1) is 20.6. The average molecular weight is 468 g/mol. The molecule has 0 saturated heterocycles. The molecule has 2 aromatic carbocycles. The fourth-order valence-corrected chi connectivity index (χ4v) is 5.34. The normalized spacial score (nSPS) is 15.4. The Bertz CT molecular complexity index is 1600. The SMILES string of the molecule is CC1=C(C(=O)Nc2ccc3cnccc3c2)C(c2ccc3ccsc3c2)n2nc(CO)cc2N1. The number of rotatable bonds is 4. The lowest BCUT2D eigenvalue weighted by molar-refractivity contribution is -0.113. The zero-order valence-electron chi connectivity index (χ0n) is 18.3. The van der Waals surface area contributed by atoms with Crippen LogP contribution in [0.4, 0.5) is 11.5 Å². The molecule has 8 heteroatoms. The van der Waals surface area contributed by atoms with Gasteiger partial charge in [0.25, 0.3) is 5.91 Å². The first-order valence-electron chi connectivity index (χ1n) is 10.9. The Morgan fingerprint density at radius 1 is 1.12 bits per heavy atom. The van der Waals surface area contributed by atoms with Gasteiger partial charge in [0, 0.05) is 39.9 Å². The van der Waals surface area contributed by atoms with Gasteiger partial charge in [-0.15, -0.1) is 11.3 Å². The van der Waals surface area contributed by atoms with Gasteiger partial charge in [0.2, 0.25) is 0 Å². The molecule has 5 aromatic rings. The van der Waals surface area contributed by atoms with E-state index in [9.17, 15) is 9.90 Å². The van der Waals surface area contributed by atoms with Crippen molar-refractivity contribution < 1.29 is 9.90 Å². The Hall–Kier alpha value is -4.01. The van der Waals surface area contributed by atoms with E-state index in [4.69, 9.17) is 0 Å². The van der Waals surface area contributed by atoms with Crippen molar-refractivity contribution in [1.29, 1.82) is 0 Å². The molecule has 1 atom stereocenters. The predicted molar refractivity (Wildman–Crippen MR) is 135 cm³/mol. The van der Waals surface area contributed by atoms with Crippen molar-refractivity contribution in [2.24, 2.45) is 0 Å². The molecular weight excluding hydrogens is 446 g/mol. The number of fused-ring (bicyclic) bond motifs is 3. The van der Waals surface area contributed by atoms with Gasteiger partial charge in [-0.3, -0.25) is 9.78 Å². The van der Waals surface area contributed by atoms with E-state index in [-0.39, 0.29) is 12.5 Å². The van der Waals surface area contributed by atoms with Gasteiger partial charge >= 0.3 is 0 Å². The largest absolute Gasteiger partial charge is 0.390 e. The summed E-state index contributed by atoms with van der Waals surface area (Å²) in [5.74, 6) is 0.536. The van der Waals surface area contributed by atoms with Gasteiger partial charge in [-0.25, -0.2) is 4.68 Å². The number of benzene rings is 2. The van der Waals surface area contributed by atoms with Gasteiger partial charge in [-0.2, -0.15) is 5.10 Å². The number of anilines is 2. The zero-order valence-corrected chi connectivity index (χ0v) is 19.1. The first-order valence-corrected chi connectivity index (χ1v) is 11.8. The lowest BCUT2D eigenvalue weighted by atomic mass is 9.94. The number of thiophene rings is 1. The van der Waals surface area contributed by atoms with Crippen molar-refractivity contribution >= 4 is 49.6 Å². The minimum atomic E-state index is -0.437. The van der Waals surface area contributed by atoms with Crippen LogP contribution in [-0.4, -0.2) is 25.8 Å². The summed E-state index contributed by atoms with van der Waals surface area (Å²) in [4.78, 5) is 17.8. The monoisotopic (exact) mass is 467 g/mol. The summed E-state index contributed by atoms with van der Waals surface area (Å²) >= 11 is 1.66. The molecule has 34 heavy (non-hydrogen) atoms. The summed E-state index contributed by atoms with van der Waals surface area (Å²) < 4.78 is 2.93. The van der Waals surface area contributed by atoms with Crippen LogP contribution in [-0.2, 0) is 11.4 Å². The standard InChI is InChI=1S/C26H21N5O2S/c1-15-24(26(33)29-20-5-4-19-13-27-8-6-17(19)10-20)25(31-23(28-15)12-21(14-32)30-31)18-3-2-16-7-9-34-22(16)11-18/h2-13,25,28,32H,14H2,1H3,(H,29,33). The van der Waals surface area contributed by atoms with Crippen molar-refractivity contribution in [3.63, 3.8) is 0 Å². The lowest BCUT2D eigenvalue weighted by Gasteiger charge is -2.29. The zero-order chi connectivity index (χ0) is 23.2.